The molecule has 0 unspecified atom stereocenters. The van der Waals surface area contributed by atoms with Gasteiger partial charge >= 0.3 is 5.97 Å². The summed E-state index contributed by atoms with van der Waals surface area (Å²) >= 11 is 0. The van der Waals surface area contributed by atoms with Gasteiger partial charge < -0.3 is 14.9 Å². The van der Waals surface area contributed by atoms with Gasteiger partial charge in [-0.25, -0.2) is 0 Å². The highest BCUT2D eigenvalue weighted by atomic mass is 16.6. The van der Waals surface area contributed by atoms with E-state index < -0.39 is 17.8 Å². The van der Waals surface area contributed by atoms with E-state index in [1.807, 2.05) is 6.92 Å². The Morgan fingerprint density at radius 1 is 1.33 bits per heavy atom. The van der Waals surface area contributed by atoms with Crippen molar-refractivity contribution in [3.05, 3.63) is 23.8 Å². The fraction of sp³-hybridized carbons (Fsp3) is 0.750. The molecule has 24 heavy (non-hydrogen) atoms. The molecule has 2 N–H and O–H groups in total. The molecular formula is C20H32O4. The summed E-state index contributed by atoms with van der Waals surface area (Å²) in [6.07, 6.45) is 6.18. The Bertz CT molecular complexity index is 506. The maximum atomic E-state index is 12.2. The minimum absolute atomic E-state index is 0.159. The van der Waals surface area contributed by atoms with E-state index in [9.17, 15) is 15.0 Å². The summed E-state index contributed by atoms with van der Waals surface area (Å²) in [6.45, 7) is 9.75. The van der Waals surface area contributed by atoms with E-state index in [2.05, 4.69) is 19.6 Å². The molecule has 1 aliphatic heterocycles. The maximum Gasteiger partial charge on any atom is 0.309 e. The highest BCUT2D eigenvalue weighted by molar-refractivity contribution is 5.73. The number of hydrogen-bond acceptors (Lipinski definition) is 4. The first-order chi connectivity index (χ1) is 11.2. The van der Waals surface area contributed by atoms with Gasteiger partial charge in [-0.15, -0.1) is 0 Å². The largest absolute Gasteiger partial charge is 0.459 e. The minimum atomic E-state index is -1.01. The van der Waals surface area contributed by atoms with E-state index in [1.54, 1.807) is 6.92 Å². The molecule has 4 heteroatoms. The van der Waals surface area contributed by atoms with E-state index in [4.69, 9.17) is 4.74 Å². The molecule has 2 bridgehead atoms. The van der Waals surface area contributed by atoms with Crippen molar-refractivity contribution in [1.82, 2.24) is 0 Å². The van der Waals surface area contributed by atoms with Gasteiger partial charge in [0.1, 0.15) is 6.10 Å². The van der Waals surface area contributed by atoms with Gasteiger partial charge in [-0.2, -0.15) is 0 Å². The third-order valence-corrected chi connectivity index (χ3v) is 5.81. The predicted octanol–water partition coefficient (Wildman–Crippen LogP) is 3.52. The number of carbonyl (C=O) groups is 1. The smallest absolute Gasteiger partial charge is 0.309 e. The van der Waals surface area contributed by atoms with Crippen LogP contribution in [0.4, 0.5) is 0 Å². The lowest BCUT2D eigenvalue weighted by atomic mass is 9.77. The Labute approximate surface area is 145 Å². The summed E-state index contributed by atoms with van der Waals surface area (Å²) in [5.74, 6) is -0.231. The van der Waals surface area contributed by atoms with Gasteiger partial charge in [-0.3, -0.25) is 4.79 Å². The number of allylic oxidation sites excluding steroid dienone is 2. The van der Waals surface area contributed by atoms with Crippen molar-refractivity contribution >= 4 is 5.97 Å². The van der Waals surface area contributed by atoms with E-state index in [0.717, 1.165) is 24.8 Å². The van der Waals surface area contributed by atoms with Crippen molar-refractivity contribution in [3.63, 3.8) is 0 Å². The molecule has 136 valence electrons. The first kappa shape index (κ1) is 19.2. The summed E-state index contributed by atoms with van der Waals surface area (Å²) in [5.41, 5.74) is 1.04. The molecule has 1 saturated heterocycles. The number of rotatable bonds is 0. The standard InChI is InChI=1S/C20H32O4/c1-13-6-5-11-20(4,23)18-12-16(15(3)19(22)24-18)9-8-14(2)17(21)10-7-13/h6,15-18,21,23H,2,5,7-12H2,1,3-4H3/b13-6+/t15-,16+,17-,18-,20-/m0/s1. The number of esters is 1. The Kier molecular flexibility index (Phi) is 6.27. The number of aliphatic hydroxyl groups is 2. The third-order valence-electron chi connectivity index (χ3n) is 5.81. The molecule has 0 radical (unpaired) electrons. The minimum Gasteiger partial charge on any atom is -0.459 e. The summed E-state index contributed by atoms with van der Waals surface area (Å²) in [5, 5.41) is 21.1. The Morgan fingerprint density at radius 3 is 2.75 bits per heavy atom. The van der Waals surface area contributed by atoms with Crippen molar-refractivity contribution in [2.24, 2.45) is 11.8 Å². The molecule has 0 aromatic heterocycles. The average Bonchev–Trinajstić information content (AvgIpc) is 2.52. The van der Waals surface area contributed by atoms with Crippen LogP contribution in [0.25, 0.3) is 0 Å². The van der Waals surface area contributed by atoms with Crippen LogP contribution < -0.4 is 0 Å². The lowest BCUT2D eigenvalue weighted by Crippen LogP contribution is -2.49. The second-order valence-corrected chi connectivity index (χ2v) is 7.91. The number of aliphatic hydroxyl groups excluding tert-OH is 1. The Morgan fingerprint density at radius 2 is 2.04 bits per heavy atom. The van der Waals surface area contributed by atoms with Crippen LogP contribution in [0.3, 0.4) is 0 Å². The van der Waals surface area contributed by atoms with E-state index in [-0.39, 0.29) is 17.8 Å². The molecule has 0 amide bonds. The van der Waals surface area contributed by atoms with Gasteiger partial charge in [0.05, 0.1) is 17.6 Å². The molecule has 0 aromatic rings. The zero-order chi connectivity index (χ0) is 17.9. The fourth-order valence-corrected chi connectivity index (χ4v) is 3.70. The van der Waals surface area contributed by atoms with Crippen molar-refractivity contribution in [2.75, 3.05) is 0 Å². The number of hydrogen-bond donors (Lipinski definition) is 2. The maximum absolute atomic E-state index is 12.2. The second-order valence-electron chi connectivity index (χ2n) is 7.91. The molecule has 1 heterocycles. The summed E-state index contributed by atoms with van der Waals surface area (Å²) < 4.78 is 5.54. The van der Waals surface area contributed by atoms with E-state index in [0.29, 0.717) is 25.7 Å². The third kappa shape index (κ3) is 4.70. The predicted molar refractivity (Wildman–Crippen MR) is 94.4 cm³/mol. The van der Waals surface area contributed by atoms with Crippen LogP contribution in [-0.2, 0) is 9.53 Å². The van der Waals surface area contributed by atoms with Crippen LogP contribution in [0, 0.1) is 11.8 Å². The van der Waals surface area contributed by atoms with Gasteiger partial charge in [0.25, 0.3) is 0 Å². The van der Waals surface area contributed by atoms with Crippen LogP contribution in [0.2, 0.25) is 0 Å². The van der Waals surface area contributed by atoms with Crippen LogP contribution in [0.15, 0.2) is 23.8 Å². The van der Waals surface area contributed by atoms with Crippen LogP contribution in [-0.4, -0.2) is 34.0 Å². The second kappa shape index (κ2) is 7.83. The fourth-order valence-electron chi connectivity index (χ4n) is 3.70. The zero-order valence-corrected chi connectivity index (χ0v) is 15.3. The van der Waals surface area contributed by atoms with Crippen LogP contribution in [0.5, 0.6) is 0 Å². The molecule has 0 saturated carbocycles. The van der Waals surface area contributed by atoms with Gasteiger partial charge in [0.2, 0.25) is 0 Å². The molecule has 5 atom stereocenters. The summed E-state index contributed by atoms with van der Waals surface area (Å²) in [4.78, 5) is 12.2. The summed E-state index contributed by atoms with van der Waals surface area (Å²) in [6, 6.07) is 0. The van der Waals surface area contributed by atoms with Crippen molar-refractivity contribution in [2.45, 2.75) is 83.5 Å². The average molecular weight is 336 g/mol. The van der Waals surface area contributed by atoms with Gasteiger partial charge in [0, 0.05) is 0 Å². The summed E-state index contributed by atoms with van der Waals surface area (Å²) in [7, 11) is 0. The van der Waals surface area contributed by atoms with Crippen molar-refractivity contribution in [1.29, 1.82) is 0 Å². The quantitative estimate of drug-likeness (QED) is 0.525. The van der Waals surface area contributed by atoms with Crippen molar-refractivity contribution in [3.8, 4) is 0 Å². The molecular weight excluding hydrogens is 304 g/mol. The molecule has 2 rings (SSSR count). The van der Waals surface area contributed by atoms with Crippen LogP contribution in [0.1, 0.15) is 65.7 Å². The highest BCUT2D eigenvalue weighted by Gasteiger charge is 2.43. The SMILES string of the molecule is C=C1CC[C@@H]2C[C@H](OC(=O)[C@H]2C)[C@@](C)(O)CC/C=C(\C)CC[C@@H]1O. The molecule has 4 nitrogen and oxygen atoms in total. The highest BCUT2D eigenvalue weighted by Crippen LogP contribution is 2.37. The monoisotopic (exact) mass is 336 g/mol. The van der Waals surface area contributed by atoms with Gasteiger partial charge in [0.15, 0.2) is 0 Å². The Hall–Kier alpha value is -1.13. The van der Waals surface area contributed by atoms with E-state index >= 15 is 0 Å². The molecule has 2 aliphatic rings. The molecule has 0 aromatic carbocycles. The number of ether oxygens (including phenoxy) is 1. The van der Waals surface area contributed by atoms with Gasteiger partial charge in [-0.05, 0) is 70.3 Å². The van der Waals surface area contributed by atoms with E-state index in [1.165, 1.54) is 5.57 Å². The molecule has 1 aliphatic carbocycles. The van der Waals surface area contributed by atoms with Crippen molar-refractivity contribution < 1.29 is 19.7 Å². The topological polar surface area (TPSA) is 66.8 Å². The lowest BCUT2D eigenvalue weighted by Gasteiger charge is -2.40. The first-order valence-corrected chi connectivity index (χ1v) is 9.15. The van der Waals surface area contributed by atoms with Crippen LogP contribution >= 0.6 is 0 Å². The Balaban J connectivity index is 2.20. The molecule has 0 spiro atoms. The normalized spacial score (nSPS) is 41.8. The number of carbonyl (C=O) groups excluding carboxylic acids is 1. The number of fused-ring (bicyclic) bond motifs is 2. The zero-order valence-electron chi connectivity index (χ0n) is 15.3. The molecule has 1 fully saturated rings. The van der Waals surface area contributed by atoms with Gasteiger partial charge in [-0.1, -0.05) is 25.2 Å². The lowest BCUT2D eigenvalue weighted by molar-refractivity contribution is -0.184. The first-order valence-electron chi connectivity index (χ1n) is 9.15.